The average molecular weight is 349 g/mol. The number of carbonyl (C=O) groups is 1. The summed E-state index contributed by atoms with van der Waals surface area (Å²) in [5.74, 6) is 0.557. The van der Waals surface area contributed by atoms with Gasteiger partial charge >= 0.3 is 0 Å². The van der Waals surface area contributed by atoms with Gasteiger partial charge in [0.2, 0.25) is 5.91 Å². The number of rotatable bonds is 5. The summed E-state index contributed by atoms with van der Waals surface area (Å²) in [6, 6.07) is 14.6. The fourth-order valence-electron chi connectivity index (χ4n) is 2.50. The molecule has 122 valence electrons. The van der Waals surface area contributed by atoms with Crippen LogP contribution in [-0.2, 0) is 4.79 Å². The number of hydrogen-bond acceptors (Lipinski definition) is 3. The molecule has 2 aromatic carbocycles. The molecular formula is C18H21ClN2OS. The summed E-state index contributed by atoms with van der Waals surface area (Å²) in [6.07, 6.45) is 3.19. The van der Waals surface area contributed by atoms with E-state index in [9.17, 15) is 4.79 Å². The molecule has 1 amide bonds. The maximum Gasteiger partial charge on any atom is 0.230 e. The van der Waals surface area contributed by atoms with Crippen LogP contribution in [-0.4, -0.2) is 31.3 Å². The number of fused-ring (bicyclic) bond motifs is 1. The fourth-order valence-corrected chi connectivity index (χ4v) is 3.27. The van der Waals surface area contributed by atoms with Crippen molar-refractivity contribution in [2.75, 3.05) is 25.4 Å². The highest BCUT2D eigenvalue weighted by atomic mass is 35.5. The summed E-state index contributed by atoms with van der Waals surface area (Å²) in [5, 5.41) is 8.72. The first-order chi connectivity index (χ1) is 10.8. The molecule has 5 heteroatoms. The second kappa shape index (κ2) is 8.96. The first kappa shape index (κ1) is 17.9. The predicted octanol–water partition coefficient (Wildman–Crippen LogP) is 3.39. The summed E-state index contributed by atoms with van der Waals surface area (Å²) < 4.78 is 0. The van der Waals surface area contributed by atoms with Gasteiger partial charge in [0.1, 0.15) is 0 Å². The lowest BCUT2D eigenvalue weighted by molar-refractivity contribution is -0.118. The monoisotopic (exact) mass is 348 g/mol. The lowest BCUT2D eigenvalue weighted by Crippen LogP contribution is -2.30. The fraction of sp³-hybridized carbons (Fsp3) is 0.278. The molecule has 2 N–H and O–H groups in total. The van der Waals surface area contributed by atoms with Crippen molar-refractivity contribution in [3.63, 3.8) is 0 Å². The van der Waals surface area contributed by atoms with Gasteiger partial charge in [-0.05, 0) is 35.9 Å². The van der Waals surface area contributed by atoms with Crippen molar-refractivity contribution in [1.29, 1.82) is 0 Å². The van der Waals surface area contributed by atoms with E-state index >= 15 is 0 Å². The van der Waals surface area contributed by atoms with E-state index in [1.165, 1.54) is 16.3 Å². The van der Waals surface area contributed by atoms with Crippen LogP contribution in [0.15, 0.2) is 59.0 Å². The number of carbonyl (C=O) groups excluding carboxylic acids is 1. The Hall–Kier alpha value is -1.49. The molecule has 0 aliphatic carbocycles. The van der Waals surface area contributed by atoms with Crippen molar-refractivity contribution in [2.24, 2.45) is 0 Å². The van der Waals surface area contributed by atoms with Gasteiger partial charge in [0, 0.05) is 18.0 Å². The van der Waals surface area contributed by atoms with Crippen LogP contribution in [0.5, 0.6) is 0 Å². The second-order valence-corrected chi connectivity index (χ2v) is 6.44. The van der Waals surface area contributed by atoms with Crippen LogP contribution in [0.3, 0.4) is 0 Å². The Labute approximate surface area is 147 Å². The van der Waals surface area contributed by atoms with Gasteiger partial charge in [0.25, 0.3) is 0 Å². The van der Waals surface area contributed by atoms with E-state index in [4.69, 9.17) is 0 Å². The lowest BCUT2D eigenvalue weighted by Gasteiger charge is -2.14. The van der Waals surface area contributed by atoms with E-state index in [1.807, 2.05) is 12.1 Å². The van der Waals surface area contributed by atoms with Gasteiger partial charge in [0.05, 0.1) is 5.75 Å². The van der Waals surface area contributed by atoms with E-state index in [2.05, 4.69) is 47.0 Å². The SMILES string of the molecule is Cl.O=C(CSc1ccc2ccccc2c1)NCC1=CCNCC1. The van der Waals surface area contributed by atoms with Crippen LogP contribution in [0.1, 0.15) is 6.42 Å². The zero-order valence-corrected chi connectivity index (χ0v) is 14.5. The number of thioether (sulfide) groups is 1. The molecular weight excluding hydrogens is 328 g/mol. The van der Waals surface area contributed by atoms with Crippen molar-refractivity contribution in [3.05, 3.63) is 54.1 Å². The first-order valence-electron chi connectivity index (χ1n) is 7.58. The Morgan fingerprint density at radius 3 is 2.78 bits per heavy atom. The lowest BCUT2D eigenvalue weighted by atomic mass is 10.1. The van der Waals surface area contributed by atoms with Crippen LogP contribution in [0.4, 0.5) is 0 Å². The number of amides is 1. The number of benzene rings is 2. The molecule has 0 saturated carbocycles. The topological polar surface area (TPSA) is 41.1 Å². The van der Waals surface area contributed by atoms with E-state index in [1.54, 1.807) is 11.8 Å². The third-order valence-corrected chi connectivity index (χ3v) is 4.76. The highest BCUT2D eigenvalue weighted by Crippen LogP contribution is 2.23. The van der Waals surface area contributed by atoms with Crippen LogP contribution in [0.2, 0.25) is 0 Å². The summed E-state index contributed by atoms with van der Waals surface area (Å²) in [7, 11) is 0. The van der Waals surface area contributed by atoms with Gasteiger partial charge in [0.15, 0.2) is 0 Å². The zero-order valence-electron chi connectivity index (χ0n) is 12.9. The molecule has 0 radical (unpaired) electrons. The molecule has 1 aliphatic rings. The third-order valence-electron chi connectivity index (χ3n) is 3.76. The van der Waals surface area contributed by atoms with E-state index in [0.717, 1.165) is 24.4 Å². The van der Waals surface area contributed by atoms with Crippen molar-refractivity contribution < 1.29 is 4.79 Å². The molecule has 1 aliphatic heterocycles. The van der Waals surface area contributed by atoms with E-state index in [-0.39, 0.29) is 18.3 Å². The first-order valence-corrected chi connectivity index (χ1v) is 8.57. The molecule has 0 aromatic heterocycles. The van der Waals surface area contributed by atoms with Crippen LogP contribution >= 0.6 is 24.2 Å². The quantitative estimate of drug-likeness (QED) is 0.643. The van der Waals surface area contributed by atoms with Crippen LogP contribution in [0.25, 0.3) is 10.8 Å². The van der Waals surface area contributed by atoms with Crippen LogP contribution < -0.4 is 10.6 Å². The van der Waals surface area contributed by atoms with Gasteiger partial charge < -0.3 is 10.6 Å². The smallest absolute Gasteiger partial charge is 0.230 e. The number of hydrogen-bond donors (Lipinski definition) is 2. The van der Waals surface area contributed by atoms with E-state index < -0.39 is 0 Å². The van der Waals surface area contributed by atoms with Gasteiger partial charge in [-0.1, -0.05) is 42.0 Å². The minimum Gasteiger partial charge on any atom is -0.352 e. The highest BCUT2D eigenvalue weighted by molar-refractivity contribution is 8.00. The molecule has 23 heavy (non-hydrogen) atoms. The molecule has 0 bridgehead atoms. The normalized spacial score (nSPS) is 14.0. The second-order valence-electron chi connectivity index (χ2n) is 5.39. The molecule has 0 atom stereocenters. The average Bonchev–Trinajstić information content (AvgIpc) is 2.59. The van der Waals surface area contributed by atoms with Gasteiger partial charge in [-0.15, -0.1) is 24.2 Å². The zero-order chi connectivity index (χ0) is 15.2. The largest absolute Gasteiger partial charge is 0.352 e. The molecule has 1 heterocycles. The Kier molecular flexibility index (Phi) is 6.96. The van der Waals surface area contributed by atoms with Crippen molar-refractivity contribution in [3.8, 4) is 0 Å². The van der Waals surface area contributed by atoms with Crippen molar-refractivity contribution in [1.82, 2.24) is 10.6 Å². The maximum atomic E-state index is 11.9. The molecule has 0 fully saturated rings. The van der Waals surface area contributed by atoms with Crippen molar-refractivity contribution >= 4 is 40.8 Å². The Morgan fingerprint density at radius 2 is 2.00 bits per heavy atom. The molecule has 3 rings (SSSR count). The highest BCUT2D eigenvalue weighted by Gasteiger charge is 2.06. The van der Waals surface area contributed by atoms with Crippen LogP contribution in [0, 0.1) is 0 Å². The Bertz CT molecular complexity index is 702. The summed E-state index contributed by atoms with van der Waals surface area (Å²) in [6.45, 7) is 2.60. The predicted molar refractivity (Wildman–Crippen MR) is 100 cm³/mol. The standard InChI is InChI=1S/C18H20N2OS.ClH/c21-18(20-12-14-7-9-19-10-8-14)13-22-17-6-5-15-3-1-2-4-16(15)11-17;/h1-7,11,19H,8-10,12-13H2,(H,20,21);1H. The molecule has 0 unspecified atom stereocenters. The summed E-state index contributed by atoms with van der Waals surface area (Å²) in [5.41, 5.74) is 1.32. The minimum atomic E-state index is 0. The minimum absolute atomic E-state index is 0. The van der Waals surface area contributed by atoms with E-state index in [0.29, 0.717) is 12.3 Å². The van der Waals surface area contributed by atoms with Gasteiger partial charge in [-0.25, -0.2) is 0 Å². The number of nitrogens with one attached hydrogen (secondary N) is 2. The summed E-state index contributed by atoms with van der Waals surface area (Å²) in [4.78, 5) is 13.1. The summed E-state index contributed by atoms with van der Waals surface area (Å²) >= 11 is 1.59. The molecule has 0 saturated heterocycles. The van der Waals surface area contributed by atoms with Crippen molar-refractivity contribution in [2.45, 2.75) is 11.3 Å². The Balaban J connectivity index is 0.00000192. The third kappa shape index (κ3) is 5.27. The molecule has 0 spiro atoms. The van der Waals surface area contributed by atoms with Gasteiger partial charge in [-0.3, -0.25) is 4.79 Å². The number of halogens is 1. The maximum absolute atomic E-state index is 11.9. The molecule has 2 aromatic rings. The Morgan fingerprint density at radius 1 is 1.17 bits per heavy atom. The van der Waals surface area contributed by atoms with Gasteiger partial charge in [-0.2, -0.15) is 0 Å². The molecule has 3 nitrogen and oxygen atoms in total.